The number of hydrogen-bond acceptors (Lipinski definition) is 3. The Morgan fingerprint density at radius 1 is 1.41 bits per heavy atom. The quantitative estimate of drug-likeness (QED) is 0.577. The van der Waals surface area contributed by atoms with E-state index in [0.717, 1.165) is 45.2 Å². The predicted octanol–water partition coefficient (Wildman–Crippen LogP) is 3.56. The van der Waals surface area contributed by atoms with Crippen LogP contribution < -0.4 is 5.32 Å². The molecule has 0 aliphatic carbocycles. The van der Waals surface area contributed by atoms with Crippen molar-refractivity contribution in [3.8, 4) is 0 Å². The normalized spacial score (nSPS) is 33.1. The lowest BCUT2D eigenvalue weighted by atomic mass is 9.75. The minimum Gasteiger partial charge on any atom is -0.414 e. The van der Waals surface area contributed by atoms with Crippen LogP contribution in [0.25, 0.3) is 0 Å². The molecular formula is C18H30N2O2. The summed E-state index contributed by atoms with van der Waals surface area (Å²) < 4.78 is 0. The van der Waals surface area contributed by atoms with E-state index in [1.54, 1.807) is 0 Å². The molecule has 2 heterocycles. The Bertz CT molecular complexity index is 423. The molecule has 2 rings (SSSR count). The van der Waals surface area contributed by atoms with Crippen molar-refractivity contribution in [1.29, 1.82) is 0 Å². The van der Waals surface area contributed by atoms with Crippen molar-refractivity contribution in [3.05, 3.63) is 25.0 Å². The third-order valence-electron chi connectivity index (χ3n) is 5.39. The van der Waals surface area contributed by atoms with Crippen molar-refractivity contribution in [2.24, 2.45) is 5.41 Å². The third-order valence-corrected chi connectivity index (χ3v) is 5.39. The van der Waals surface area contributed by atoms with Crippen LogP contribution in [0.2, 0.25) is 0 Å². The summed E-state index contributed by atoms with van der Waals surface area (Å²) in [5.41, 5.74) is 0.274. The summed E-state index contributed by atoms with van der Waals surface area (Å²) in [6, 6.07) is 0. The van der Waals surface area contributed by atoms with E-state index in [1.165, 1.54) is 6.42 Å². The predicted molar refractivity (Wildman–Crippen MR) is 89.0 cm³/mol. The molecule has 2 aliphatic rings. The fourth-order valence-electron chi connectivity index (χ4n) is 3.57. The first-order valence-electron chi connectivity index (χ1n) is 8.51. The van der Waals surface area contributed by atoms with Crippen molar-refractivity contribution >= 4 is 5.91 Å². The van der Waals surface area contributed by atoms with Gasteiger partial charge in [-0.2, -0.15) is 0 Å². The molecule has 4 heteroatoms. The Labute approximate surface area is 134 Å². The molecule has 0 saturated carbocycles. The van der Waals surface area contributed by atoms with Crippen LogP contribution >= 0.6 is 0 Å². The van der Waals surface area contributed by atoms with Gasteiger partial charge in [0.05, 0.1) is 5.54 Å². The second-order valence-corrected chi connectivity index (χ2v) is 7.01. The molecule has 124 valence electrons. The van der Waals surface area contributed by atoms with Gasteiger partial charge in [-0.3, -0.25) is 4.79 Å². The number of rotatable bonds is 7. The van der Waals surface area contributed by atoms with Gasteiger partial charge in [0, 0.05) is 19.5 Å². The number of nitrogens with zero attached hydrogens (tertiary/aromatic N) is 1. The zero-order valence-electron chi connectivity index (χ0n) is 14.1. The average Bonchev–Trinajstić information content (AvgIpc) is 2.87. The van der Waals surface area contributed by atoms with Gasteiger partial charge >= 0.3 is 0 Å². The molecule has 2 atom stereocenters. The molecule has 0 unspecified atom stereocenters. The van der Waals surface area contributed by atoms with Gasteiger partial charge in [-0.05, 0) is 56.9 Å². The highest BCUT2D eigenvalue weighted by Gasteiger charge is 2.37. The van der Waals surface area contributed by atoms with Gasteiger partial charge in [-0.1, -0.05) is 13.0 Å². The van der Waals surface area contributed by atoms with Crippen molar-refractivity contribution < 1.29 is 9.63 Å². The van der Waals surface area contributed by atoms with Gasteiger partial charge in [0.15, 0.2) is 0 Å². The molecule has 0 aromatic rings. The van der Waals surface area contributed by atoms with E-state index in [2.05, 4.69) is 36.9 Å². The summed E-state index contributed by atoms with van der Waals surface area (Å²) >= 11 is 0. The monoisotopic (exact) mass is 306 g/mol. The van der Waals surface area contributed by atoms with E-state index in [1.807, 2.05) is 12.3 Å². The Balaban J connectivity index is 1.84. The topological polar surface area (TPSA) is 41.6 Å². The summed E-state index contributed by atoms with van der Waals surface area (Å²) in [4.78, 5) is 17.2. The fraction of sp³-hybridized carbons (Fsp3) is 0.722. The van der Waals surface area contributed by atoms with Gasteiger partial charge in [0.2, 0.25) is 5.91 Å². The number of allylic oxidation sites excluding steroid dienone is 1. The van der Waals surface area contributed by atoms with Crippen LogP contribution in [-0.4, -0.2) is 29.6 Å². The molecule has 1 amide bonds. The third kappa shape index (κ3) is 3.92. The highest BCUT2D eigenvalue weighted by Crippen LogP contribution is 2.35. The first-order chi connectivity index (χ1) is 10.5. The lowest BCUT2D eigenvalue weighted by Gasteiger charge is -2.36. The van der Waals surface area contributed by atoms with Crippen LogP contribution in [0.1, 0.15) is 58.8 Å². The van der Waals surface area contributed by atoms with E-state index in [-0.39, 0.29) is 16.9 Å². The molecule has 0 radical (unpaired) electrons. The minimum atomic E-state index is 0.0767. The summed E-state index contributed by atoms with van der Waals surface area (Å²) in [7, 11) is 0. The fourth-order valence-corrected chi connectivity index (χ4v) is 3.57. The van der Waals surface area contributed by atoms with Gasteiger partial charge in [-0.25, -0.2) is 0 Å². The van der Waals surface area contributed by atoms with Gasteiger partial charge in [0.25, 0.3) is 0 Å². The lowest BCUT2D eigenvalue weighted by molar-refractivity contribution is -0.150. The zero-order valence-corrected chi connectivity index (χ0v) is 14.1. The Morgan fingerprint density at radius 3 is 2.86 bits per heavy atom. The molecular weight excluding hydrogens is 276 g/mol. The maximum atomic E-state index is 11.3. The van der Waals surface area contributed by atoms with Crippen LogP contribution in [-0.2, 0) is 9.63 Å². The van der Waals surface area contributed by atoms with E-state index < -0.39 is 0 Å². The maximum Gasteiger partial charge on any atom is 0.220 e. The van der Waals surface area contributed by atoms with Crippen molar-refractivity contribution in [2.45, 2.75) is 64.3 Å². The first-order valence-corrected chi connectivity index (χ1v) is 8.51. The highest BCUT2D eigenvalue weighted by molar-refractivity contribution is 5.76. The van der Waals surface area contributed by atoms with Crippen LogP contribution in [0.4, 0.5) is 0 Å². The summed E-state index contributed by atoms with van der Waals surface area (Å²) in [5, 5.41) is 5.09. The van der Waals surface area contributed by atoms with Gasteiger partial charge in [-0.15, -0.1) is 11.6 Å². The summed E-state index contributed by atoms with van der Waals surface area (Å²) in [6.07, 6.45) is 12.8. The number of hydroxylamine groups is 2. The number of carbonyl (C=O) groups is 1. The number of carbonyl (C=O) groups excluding carboxylic acids is 1. The Morgan fingerprint density at radius 2 is 2.23 bits per heavy atom. The van der Waals surface area contributed by atoms with E-state index in [4.69, 9.17) is 4.84 Å². The molecule has 4 nitrogen and oxygen atoms in total. The minimum absolute atomic E-state index is 0.0767. The molecule has 0 spiro atoms. The molecule has 2 fully saturated rings. The van der Waals surface area contributed by atoms with Crippen LogP contribution in [0.5, 0.6) is 0 Å². The van der Waals surface area contributed by atoms with Crippen LogP contribution in [0, 0.1) is 5.41 Å². The number of nitrogens with one attached hydrogen (secondary N) is 1. The van der Waals surface area contributed by atoms with E-state index in [0.29, 0.717) is 6.42 Å². The SMILES string of the molecule is C=CC[C@]1(C)CCCN1O/C=C/C[C@]1(CC)CCC(=O)NC1. The van der Waals surface area contributed by atoms with Gasteiger partial charge in [0.1, 0.15) is 6.26 Å². The van der Waals surface area contributed by atoms with Crippen molar-refractivity contribution in [2.75, 3.05) is 13.1 Å². The lowest BCUT2D eigenvalue weighted by Crippen LogP contribution is -2.42. The second-order valence-electron chi connectivity index (χ2n) is 7.01. The van der Waals surface area contributed by atoms with Crippen LogP contribution in [0.3, 0.4) is 0 Å². The van der Waals surface area contributed by atoms with Gasteiger partial charge < -0.3 is 10.2 Å². The molecule has 2 aliphatic heterocycles. The average molecular weight is 306 g/mol. The summed E-state index contributed by atoms with van der Waals surface area (Å²) in [6.45, 7) is 10.0. The zero-order chi connectivity index (χ0) is 16.1. The number of piperidine rings is 1. The van der Waals surface area contributed by atoms with E-state index in [9.17, 15) is 4.79 Å². The number of amides is 1. The molecule has 0 aromatic heterocycles. The first kappa shape index (κ1) is 17.1. The smallest absolute Gasteiger partial charge is 0.220 e. The van der Waals surface area contributed by atoms with Crippen molar-refractivity contribution in [1.82, 2.24) is 10.4 Å². The van der Waals surface area contributed by atoms with Crippen molar-refractivity contribution in [3.63, 3.8) is 0 Å². The largest absolute Gasteiger partial charge is 0.414 e. The summed E-state index contributed by atoms with van der Waals surface area (Å²) in [5.74, 6) is 0.182. The maximum absolute atomic E-state index is 11.3. The standard InChI is InChI=1S/C18H30N2O2/c1-4-9-17(3)10-6-13-20(17)22-14-7-11-18(5-2)12-8-16(21)19-15-18/h4,7,14H,1,5-6,8-13,15H2,2-3H3,(H,19,21)/b14-7+/t17-,18-/m1/s1. The highest BCUT2D eigenvalue weighted by atomic mass is 16.7. The Hall–Kier alpha value is -1.29. The molecule has 0 aromatic carbocycles. The molecule has 22 heavy (non-hydrogen) atoms. The number of hydrogen-bond donors (Lipinski definition) is 1. The second kappa shape index (κ2) is 7.32. The van der Waals surface area contributed by atoms with Crippen LogP contribution in [0.15, 0.2) is 25.0 Å². The Kier molecular flexibility index (Phi) is 5.68. The molecule has 2 saturated heterocycles. The van der Waals surface area contributed by atoms with E-state index >= 15 is 0 Å². The molecule has 1 N–H and O–H groups in total. The molecule has 0 bridgehead atoms.